The molecule has 0 saturated carbocycles. The van der Waals surface area contributed by atoms with Gasteiger partial charge in [0.1, 0.15) is 5.75 Å². The van der Waals surface area contributed by atoms with Gasteiger partial charge in [-0.25, -0.2) is 0 Å². The van der Waals surface area contributed by atoms with E-state index in [-0.39, 0.29) is 11.8 Å². The van der Waals surface area contributed by atoms with Crippen LogP contribution >= 0.6 is 11.3 Å². The van der Waals surface area contributed by atoms with Gasteiger partial charge in [0.25, 0.3) is 11.8 Å². The molecule has 0 radical (unpaired) electrons. The highest BCUT2D eigenvalue weighted by Crippen LogP contribution is 2.29. The van der Waals surface area contributed by atoms with Crippen molar-refractivity contribution in [3.05, 3.63) is 52.2 Å². The number of para-hydroxylation sites is 1. The fourth-order valence-electron chi connectivity index (χ4n) is 2.36. The normalized spacial score (nSPS) is 12.9. The first kappa shape index (κ1) is 19.0. The number of hydrazine groups is 1. The number of carbonyl (C=O) groups is 2. The van der Waals surface area contributed by atoms with E-state index in [1.807, 2.05) is 31.2 Å². The minimum atomic E-state index is -0.672. The predicted molar refractivity (Wildman–Crippen MR) is 99.8 cm³/mol. The zero-order valence-corrected chi connectivity index (χ0v) is 15.6. The van der Waals surface area contributed by atoms with Crippen molar-refractivity contribution in [2.45, 2.75) is 45.6 Å². The minimum Gasteiger partial charge on any atom is -0.480 e. The molecule has 1 aromatic carbocycles. The molecule has 0 fully saturated rings. The lowest BCUT2D eigenvalue weighted by Crippen LogP contribution is -2.47. The van der Waals surface area contributed by atoms with Gasteiger partial charge in [0.05, 0.1) is 4.88 Å². The van der Waals surface area contributed by atoms with Crippen molar-refractivity contribution >= 4 is 23.2 Å². The van der Waals surface area contributed by atoms with Crippen LogP contribution in [0.5, 0.6) is 5.75 Å². The van der Waals surface area contributed by atoms with Crippen molar-refractivity contribution in [2.24, 2.45) is 0 Å². The maximum Gasteiger partial charge on any atom is 0.279 e. The Bertz CT molecular complexity index is 700. The molecule has 2 atom stereocenters. The van der Waals surface area contributed by atoms with Gasteiger partial charge in [0, 0.05) is 0 Å². The highest BCUT2D eigenvalue weighted by atomic mass is 32.1. The summed E-state index contributed by atoms with van der Waals surface area (Å²) < 4.78 is 5.94. The van der Waals surface area contributed by atoms with Gasteiger partial charge >= 0.3 is 0 Å². The summed E-state index contributed by atoms with van der Waals surface area (Å²) in [6.45, 7) is 6.12. The molecule has 2 aromatic rings. The Hall–Kier alpha value is -2.34. The van der Waals surface area contributed by atoms with Crippen LogP contribution in [0, 0.1) is 0 Å². The Morgan fingerprint density at radius 2 is 1.84 bits per heavy atom. The molecule has 0 aliphatic rings. The van der Waals surface area contributed by atoms with Crippen molar-refractivity contribution in [1.29, 1.82) is 0 Å². The van der Waals surface area contributed by atoms with Gasteiger partial charge in [0.15, 0.2) is 6.10 Å². The molecule has 1 heterocycles. The quantitative estimate of drug-likeness (QED) is 0.736. The Balaban J connectivity index is 2.00. The van der Waals surface area contributed by atoms with Gasteiger partial charge in [-0.1, -0.05) is 45.0 Å². The monoisotopic (exact) mass is 360 g/mol. The van der Waals surface area contributed by atoms with Crippen LogP contribution in [0.2, 0.25) is 0 Å². The highest BCUT2D eigenvalue weighted by molar-refractivity contribution is 7.12. The zero-order valence-electron chi connectivity index (χ0n) is 14.7. The van der Waals surface area contributed by atoms with E-state index in [1.165, 1.54) is 11.3 Å². The van der Waals surface area contributed by atoms with Crippen molar-refractivity contribution in [3.63, 3.8) is 0 Å². The molecule has 25 heavy (non-hydrogen) atoms. The zero-order chi connectivity index (χ0) is 18.2. The van der Waals surface area contributed by atoms with Gasteiger partial charge < -0.3 is 4.74 Å². The molecule has 134 valence electrons. The highest BCUT2D eigenvalue weighted by Gasteiger charge is 2.21. The molecule has 2 amide bonds. The second kappa shape index (κ2) is 9.22. The lowest BCUT2D eigenvalue weighted by Gasteiger charge is -2.21. The number of hydrogen-bond acceptors (Lipinski definition) is 4. The first-order valence-electron chi connectivity index (χ1n) is 8.46. The van der Waals surface area contributed by atoms with Crippen LogP contribution in [0.15, 0.2) is 41.8 Å². The maximum atomic E-state index is 12.4. The first-order valence-corrected chi connectivity index (χ1v) is 9.34. The number of carbonyl (C=O) groups excluding carboxylic acids is 2. The number of thiophene rings is 1. The molecule has 2 rings (SSSR count). The average Bonchev–Trinajstić information content (AvgIpc) is 3.18. The SMILES string of the molecule is CCC(Oc1ccccc1C(C)CC)C(=O)NNC(=O)c1cccs1. The third-order valence-electron chi connectivity index (χ3n) is 4.04. The summed E-state index contributed by atoms with van der Waals surface area (Å²) in [5.74, 6) is 0.350. The number of benzene rings is 1. The molecule has 0 aliphatic heterocycles. The Labute approximate surface area is 152 Å². The van der Waals surface area contributed by atoms with E-state index in [9.17, 15) is 9.59 Å². The smallest absolute Gasteiger partial charge is 0.279 e. The lowest BCUT2D eigenvalue weighted by molar-refractivity contribution is -0.128. The van der Waals surface area contributed by atoms with E-state index < -0.39 is 6.10 Å². The van der Waals surface area contributed by atoms with Gasteiger partial charge in [0.2, 0.25) is 0 Å². The van der Waals surface area contributed by atoms with Crippen LogP contribution < -0.4 is 15.6 Å². The molecule has 0 aliphatic carbocycles. The van der Waals surface area contributed by atoms with Crippen LogP contribution in [-0.4, -0.2) is 17.9 Å². The van der Waals surface area contributed by atoms with Crippen LogP contribution in [0.4, 0.5) is 0 Å². The van der Waals surface area contributed by atoms with E-state index in [1.54, 1.807) is 17.5 Å². The summed E-state index contributed by atoms with van der Waals surface area (Å²) in [7, 11) is 0. The van der Waals surface area contributed by atoms with Gasteiger partial charge in [-0.2, -0.15) is 0 Å². The van der Waals surface area contributed by atoms with Crippen molar-refractivity contribution in [2.75, 3.05) is 0 Å². The fourth-order valence-corrected chi connectivity index (χ4v) is 2.98. The number of amides is 2. The third kappa shape index (κ3) is 5.06. The van der Waals surface area contributed by atoms with E-state index in [0.29, 0.717) is 23.0 Å². The van der Waals surface area contributed by atoms with Crippen LogP contribution in [0.3, 0.4) is 0 Å². The number of rotatable bonds is 7. The molecular formula is C19H24N2O3S. The number of hydrogen-bond donors (Lipinski definition) is 2. The van der Waals surface area contributed by atoms with Crippen molar-refractivity contribution in [3.8, 4) is 5.75 Å². The molecule has 0 saturated heterocycles. The third-order valence-corrected chi connectivity index (χ3v) is 4.91. The largest absolute Gasteiger partial charge is 0.480 e. The van der Waals surface area contributed by atoms with E-state index in [0.717, 1.165) is 12.0 Å². The summed E-state index contributed by atoms with van der Waals surface area (Å²) in [6, 6.07) is 11.2. The Morgan fingerprint density at radius 1 is 1.08 bits per heavy atom. The van der Waals surface area contributed by atoms with Crippen LogP contribution in [0.25, 0.3) is 0 Å². The fraction of sp³-hybridized carbons (Fsp3) is 0.368. The molecule has 2 unspecified atom stereocenters. The minimum absolute atomic E-state index is 0.335. The van der Waals surface area contributed by atoms with Crippen molar-refractivity contribution < 1.29 is 14.3 Å². The van der Waals surface area contributed by atoms with E-state index in [2.05, 4.69) is 24.7 Å². The molecule has 0 bridgehead atoms. The second-order valence-electron chi connectivity index (χ2n) is 5.78. The Kier molecular flexibility index (Phi) is 7.01. The number of ether oxygens (including phenoxy) is 1. The molecule has 5 nitrogen and oxygen atoms in total. The molecule has 1 aromatic heterocycles. The summed E-state index contributed by atoms with van der Waals surface area (Å²) in [4.78, 5) is 24.8. The standard InChI is InChI=1S/C19H24N2O3S/c1-4-13(3)14-9-6-7-10-16(14)24-15(5-2)18(22)20-21-19(23)17-11-8-12-25-17/h6-13,15H,4-5H2,1-3H3,(H,20,22)(H,21,23). The molecule has 0 spiro atoms. The molecular weight excluding hydrogens is 336 g/mol. The topological polar surface area (TPSA) is 67.4 Å². The average molecular weight is 360 g/mol. The summed E-state index contributed by atoms with van der Waals surface area (Å²) >= 11 is 1.31. The maximum absolute atomic E-state index is 12.4. The summed E-state index contributed by atoms with van der Waals surface area (Å²) in [6.07, 6.45) is 0.810. The van der Waals surface area contributed by atoms with Gasteiger partial charge in [-0.3, -0.25) is 20.4 Å². The van der Waals surface area contributed by atoms with E-state index in [4.69, 9.17) is 4.74 Å². The van der Waals surface area contributed by atoms with E-state index >= 15 is 0 Å². The molecule has 6 heteroatoms. The van der Waals surface area contributed by atoms with Gasteiger partial charge in [-0.15, -0.1) is 11.3 Å². The Morgan fingerprint density at radius 3 is 2.48 bits per heavy atom. The van der Waals surface area contributed by atoms with Gasteiger partial charge in [-0.05, 0) is 41.8 Å². The summed E-state index contributed by atoms with van der Waals surface area (Å²) in [5, 5.41) is 1.81. The summed E-state index contributed by atoms with van der Waals surface area (Å²) in [5.41, 5.74) is 5.96. The van der Waals surface area contributed by atoms with Crippen molar-refractivity contribution in [1.82, 2.24) is 10.9 Å². The second-order valence-corrected chi connectivity index (χ2v) is 6.73. The van der Waals surface area contributed by atoms with Crippen LogP contribution in [-0.2, 0) is 4.79 Å². The predicted octanol–water partition coefficient (Wildman–Crippen LogP) is 3.88. The lowest BCUT2D eigenvalue weighted by atomic mass is 9.98. The molecule has 2 N–H and O–H groups in total. The first-order chi connectivity index (χ1) is 12.1. The van der Waals surface area contributed by atoms with Crippen LogP contribution in [0.1, 0.15) is 54.8 Å². The number of nitrogens with one attached hydrogen (secondary N) is 2.